The Kier molecular flexibility index (Phi) is 3.36. The van der Waals surface area contributed by atoms with Crippen LogP contribution in [-0.2, 0) is 19.3 Å². The van der Waals surface area contributed by atoms with Crippen molar-refractivity contribution in [2.24, 2.45) is 0 Å². The van der Waals surface area contributed by atoms with E-state index in [1.165, 1.54) is 0 Å². The van der Waals surface area contributed by atoms with Crippen LogP contribution >= 0.6 is 0 Å². The molecule has 1 atom stereocenters. The van der Waals surface area contributed by atoms with Gasteiger partial charge in [-0.1, -0.05) is 13.8 Å². The number of fused-ring (bicyclic) bond motifs is 1. The van der Waals surface area contributed by atoms with E-state index in [4.69, 9.17) is 0 Å². The van der Waals surface area contributed by atoms with Gasteiger partial charge in [-0.2, -0.15) is 0 Å². The molecule has 1 N–H and O–H groups in total. The SMILES string of the molecule is CCc1c(F)c(F)c2c(c1CC)NC(C)CC2. The van der Waals surface area contributed by atoms with Crippen LogP contribution in [0.2, 0.25) is 0 Å². The smallest absolute Gasteiger partial charge is 0.164 e. The van der Waals surface area contributed by atoms with Crippen LogP contribution in [0.5, 0.6) is 0 Å². The lowest BCUT2D eigenvalue weighted by molar-refractivity contribution is 0.482. The minimum atomic E-state index is -0.645. The lowest BCUT2D eigenvalue weighted by Crippen LogP contribution is -2.25. The average molecular weight is 239 g/mol. The molecule has 1 aromatic rings. The van der Waals surface area contributed by atoms with Crippen LogP contribution in [0.4, 0.5) is 14.5 Å². The van der Waals surface area contributed by atoms with Gasteiger partial charge in [-0.25, -0.2) is 8.78 Å². The molecular formula is C14H19F2N. The second-order valence-electron chi connectivity index (χ2n) is 4.73. The molecule has 0 radical (unpaired) electrons. The number of anilines is 1. The third-order valence-electron chi connectivity index (χ3n) is 3.62. The zero-order valence-corrected chi connectivity index (χ0v) is 10.7. The highest BCUT2D eigenvalue weighted by molar-refractivity contribution is 5.63. The lowest BCUT2D eigenvalue weighted by Gasteiger charge is -2.28. The molecule has 1 aromatic carbocycles. The van der Waals surface area contributed by atoms with E-state index in [-0.39, 0.29) is 0 Å². The van der Waals surface area contributed by atoms with E-state index in [2.05, 4.69) is 12.2 Å². The Bertz CT molecular complexity index is 441. The molecule has 1 aliphatic rings. The summed E-state index contributed by atoms with van der Waals surface area (Å²) in [5, 5.41) is 3.32. The Morgan fingerprint density at radius 1 is 1.12 bits per heavy atom. The van der Waals surface area contributed by atoms with E-state index in [0.29, 0.717) is 30.0 Å². The molecule has 0 bridgehead atoms. The van der Waals surface area contributed by atoms with E-state index in [9.17, 15) is 8.78 Å². The third kappa shape index (κ3) is 1.92. The minimum Gasteiger partial charge on any atom is -0.382 e. The predicted molar refractivity (Wildman–Crippen MR) is 66.5 cm³/mol. The zero-order valence-electron chi connectivity index (χ0n) is 10.7. The summed E-state index contributed by atoms with van der Waals surface area (Å²) in [5.41, 5.74) is 2.87. The molecule has 0 aliphatic carbocycles. The van der Waals surface area contributed by atoms with Gasteiger partial charge in [-0.05, 0) is 43.7 Å². The first-order valence-electron chi connectivity index (χ1n) is 6.38. The molecule has 17 heavy (non-hydrogen) atoms. The van der Waals surface area contributed by atoms with Crippen molar-refractivity contribution >= 4 is 5.69 Å². The monoisotopic (exact) mass is 239 g/mol. The molecule has 1 aliphatic heterocycles. The predicted octanol–water partition coefficient (Wildman–Crippen LogP) is 3.84. The third-order valence-corrected chi connectivity index (χ3v) is 3.62. The Hall–Kier alpha value is -1.12. The van der Waals surface area contributed by atoms with Crippen LogP contribution in [0, 0.1) is 11.6 Å². The molecular weight excluding hydrogens is 220 g/mol. The van der Waals surface area contributed by atoms with E-state index in [0.717, 1.165) is 24.1 Å². The Balaban J connectivity index is 2.67. The van der Waals surface area contributed by atoms with Gasteiger partial charge in [0.1, 0.15) is 0 Å². The zero-order chi connectivity index (χ0) is 12.6. The number of benzene rings is 1. The van der Waals surface area contributed by atoms with Crippen molar-refractivity contribution in [2.75, 3.05) is 5.32 Å². The highest BCUT2D eigenvalue weighted by atomic mass is 19.2. The molecule has 0 saturated heterocycles. The van der Waals surface area contributed by atoms with Crippen molar-refractivity contribution in [1.82, 2.24) is 0 Å². The lowest BCUT2D eigenvalue weighted by atomic mass is 9.90. The Morgan fingerprint density at radius 2 is 1.76 bits per heavy atom. The molecule has 0 fully saturated rings. The fourth-order valence-electron chi connectivity index (χ4n) is 2.69. The maximum absolute atomic E-state index is 14.0. The quantitative estimate of drug-likeness (QED) is 0.827. The van der Waals surface area contributed by atoms with Crippen LogP contribution in [0.15, 0.2) is 0 Å². The van der Waals surface area contributed by atoms with Crippen molar-refractivity contribution in [1.29, 1.82) is 0 Å². The van der Waals surface area contributed by atoms with Crippen LogP contribution in [0.25, 0.3) is 0 Å². The van der Waals surface area contributed by atoms with Gasteiger partial charge in [-0.3, -0.25) is 0 Å². The fraction of sp³-hybridized carbons (Fsp3) is 0.571. The standard InChI is InChI=1S/C14H19F2N/c1-4-9-10(5-2)14-11(13(16)12(9)15)7-6-8(3)17-14/h8,17H,4-7H2,1-3H3. The molecule has 1 heterocycles. The van der Waals surface area contributed by atoms with Crippen LogP contribution in [0.1, 0.15) is 43.9 Å². The fourth-order valence-corrected chi connectivity index (χ4v) is 2.69. The van der Waals surface area contributed by atoms with Gasteiger partial charge >= 0.3 is 0 Å². The van der Waals surface area contributed by atoms with Crippen molar-refractivity contribution in [3.63, 3.8) is 0 Å². The number of nitrogens with one attached hydrogen (secondary N) is 1. The molecule has 1 nitrogen and oxygen atoms in total. The molecule has 94 valence electrons. The van der Waals surface area contributed by atoms with Gasteiger partial charge in [0.25, 0.3) is 0 Å². The second kappa shape index (κ2) is 4.63. The highest BCUT2D eigenvalue weighted by Crippen LogP contribution is 2.35. The van der Waals surface area contributed by atoms with Gasteiger partial charge in [0.05, 0.1) is 0 Å². The van der Waals surface area contributed by atoms with Crippen molar-refractivity contribution in [2.45, 2.75) is 52.5 Å². The summed E-state index contributed by atoms with van der Waals surface area (Å²) < 4.78 is 27.9. The van der Waals surface area contributed by atoms with E-state index < -0.39 is 11.6 Å². The van der Waals surface area contributed by atoms with Crippen LogP contribution in [-0.4, -0.2) is 6.04 Å². The summed E-state index contributed by atoms with van der Waals surface area (Å²) in [4.78, 5) is 0. The van der Waals surface area contributed by atoms with E-state index >= 15 is 0 Å². The number of hydrogen-bond donors (Lipinski definition) is 1. The van der Waals surface area contributed by atoms with Gasteiger partial charge < -0.3 is 5.32 Å². The maximum atomic E-state index is 14.0. The largest absolute Gasteiger partial charge is 0.382 e. The molecule has 2 rings (SSSR count). The van der Waals surface area contributed by atoms with Gasteiger partial charge in [-0.15, -0.1) is 0 Å². The van der Waals surface area contributed by atoms with Gasteiger partial charge in [0.2, 0.25) is 0 Å². The molecule has 3 heteroatoms. The first kappa shape index (κ1) is 12.3. The van der Waals surface area contributed by atoms with E-state index in [1.54, 1.807) is 0 Å². The van der Waals surface area contributed by atoms with Crippen LogP contribution < -0.4 is 5.32 Å². The first-order chi connectivity index (χ1) is 8.10. The Labute approximate surface area is 101 Å². The van der Waals surface area contributed by atoms with Crippen molar-refractivity contribution in [3.05, 3.63) is 28.3 Å². The number of halogens is 2. The second-order valence-corrected chi connectivity index (χ2v) is 4.73. The summed E-state index contributed by atoms with van der Waals surface area (Å²) in [7, 11) is 0. The number of rotatable bonds is 2. The summed E-state index contributed by atoms with van der Waals surface area (Å²) in [5.74, 6) is -1.28. The minimum absolute atomic E-state index is 0.336. The molecule has 0 amide bonds. The first-order valence-corrected chi connectivity index (χ1v) is 6.38. The van der Waals surface area contributed by atoms with Crippen LogP contribution in [0.3, 0.4) is 0 Å². The number of hydrogen-bond acceptors (Lipinski definition) is 1. The average Bonchev–Trinajstić information content (AvgIpc) is 2.33. The van der Waals surface area contributed by atoms with E-state index in [1.807, 2.05) is 13.8 Å². The van der Waals surface area contributed by atoms with Gasteiger partial charge in [0, 0.05) is 17.3 Å². The molecule has 0 saturated carbocycles. The summed E-state index contributed by atoms with van der Waals surface area (Å²) in [6.45, 7) is 5.94. The highest BCUT2D eigenvalue weighted by Gasteiger charge is 2.26. The molecule has 0 spiro atoms. The van der Waals surface area contributed by atoms with Gasteiger partial charge in [0.15, 0.2) is 11.6 Å². The summed E-state index contributed by atoms with van der Waals surface area (Å²) in [6, 6.07) is 0.336. The van der Waals surface area contributed by atoms with Crippen molar-refractivity contribution in [3.8, 4) is 0 Å². The summed E-state index contributed by atoms with van der Waals surface area (Å²) >= 11 is 0. The molecule has 1 unspecified atom stereocenters. The maximum Gasteiger partial charge on any atom is 0.164 e. The summed E-state index contributed by atoms with van der Waals surface area (Å²) in [6.07, 6.45) is 2.76. The normalized spacial score (nSPS) is 18.8. The Morgan fingerprint density at radius 3 is 2.35 bits per heavy atom. The topological polar surface area (TPSA) is 12.0 Å². The van der Waals surface area contributed by atoms with Crippen molar-refractivity contribution < 1.29 is 8.78 Å². The molecule has 0 aromatic heterocycles.